The van der Waals surface area contributed by atoms with Crippen molar-refractivity contribution in [3.63, 3.8) is 0 Å². The van der Waals surface area contributed by atoms with Gasteiger partial charge >= 0.3 is 86.4 Å². The Morgan fingerprint density at radius 1 is 1.07 bits per heavy atom. The monoisotopic (exact) mass is 518 g/mol. The van der Waals surface area contributed by atoms with Crippen molar-refractivity contribution in [2.45, 2.75) is 0 Å². The molecule has 0 amide bonds. The average molecular weight is 518 g/mol. The van der Waals surface area contributed by atoms with Crippen LogP contribution >= 0.6 is 0 Å². The summed E-state index contributed by atoms with van der Waals surface area (Å²) in [4.78, 5) is 0. The summed E-state index contributed by atoms with van der Waals surface area (Å²) >= 11 is -5.12. The van der Waals surface area contributed by atoms with Crippen LogP contribution in [-0.4, -0.2) is 113 Å². The third-order valence-electron chi connectivity index (χ3n) is 0. The van der Waals surface area contributed by atoms with Gasteiger partial charge in [-0.1, -0.05) is 0 Å². The average Bonchev–Trinajstić information content (AvgIpc) is 1.12. The van der Waals surface area contributed by atoms with Crippen LogP contribution < -0.4 is 0 Å². The molecule has 0 radical (unpaired) electrons. The Hall–Kier alpha value is 3.46. The largest absolute Gasteiger partial charge is 2.00 e. The van der Waals surface area contributed by atoms with Crippen LogP contribution in [0.5, 0.6) is 0 Å². The maximum Gasteiger partial charge on any atom is 2.00 e. The van der Waals surface area contributed by atoms with E-state index in [2.05, 4.69) is 0 Å². The predicted octanol–water partition coefficient (Wildman–Crippen LogP) is -4.99. The molecule has 0 aromatic heterocycles. The molecule has 0 rings (SSSR count). The van der Waals surface area contributed by atoms with E-state index in [1.54, 1.807) is 0 Å². The molecule has 0 aromatic rings. The molecule has 0 spiro atoms. The summed E-state index contributed by atoms with van der Waals surface area (Å²) in [6.07, 6.45) is 0. The second-order valence-corrected chi connectivity index (χ2v) is 4.01. The van der Waals surface area contributed by atoms with E-state index in [0.717, 1.165) is 0 Å². The first kappa shape index (κ1) is 36.0. The van der Waals surface area contributed by atoms with Gasteiger partial charge in [-0.2, -0.15) is 8.42 Å². The normalized spacial score (nSPS) is 8.36. The molecule has 0 saturated heterocycles. The molecule has 9 nitrogen and oxygen atoms in total. The van der Waals surface area contributed by atoms with Gasteiger partial charge in [0.2, 0.25) is 0 Å². The van der Waals surface area contributed by atoms with Crippen molar-refractivity contribution in [2.75, 3.05) is 0 Å². The van der Waals surface area contributed by atoms with Crippen molar-refractivity contribution < 1.29 is 83.6 Å². The van der Waals surface area contributed by atoms with Crippen LogP contribution in [0.25, 0.3) is 0 Å². The summed E-state index contributed by atoms with van der Waals surface area (Å²) in [5, 5.41) is 0. The van der Waals surface area contributed by atoms with Crippen LogP contribution in [0.1, 0.15) is 2.85 Å². The van der Waals surface area contributed by atoms with E-state index in [1.807, 2.05) is 0 Å². The molecule has 86 valence electrons. The first-order valence-electron chi connectivity index (χ1n) is 1.48. The third kappa shape index (κ3) is 270. The number of hydrogen-bond acceptors (Lipinski definition) is 3. The summed E-state index contributed by atoms with van der Waals surface area (Å²) in [6.45, 7) is 0. The van der Waals surface area contributed by atoms with Gasteiger partial charge < -0.3 is 8.33 Å². The van der Waals surface area contributed by atoms with E-state index in [1.165, 1.54) is 0 Å². The minimum Gasteiger partial charge on any atom is -1.00 e. The van der Waals surface area contributed by atoms with Gasteiger partial charge in [0, 0.05) is 41.7 Å². The van der Waals surface area contributed by atoms with Crippen molar-refractivity contribution in [1.29, 1.82) is 0 Å². The van der Waals surface area contributed by atoms with Crippen LogP contribution in [0.2, 0.25) is 0 Å². The first-order chi connectivity index (χ1) is 4.00. The molecular weight excluding hydrogens is 506 g/mol. The molecule has 0 aliphatic rings. The fourth-order valence-corrected chi connectivity index (χ4v) is 0. The zero-order valence-electron chi connectivity index (χ0n) is 8.02. The molecule has 0 fully saturated rings. The number of hydrogen-bond donors (Lipinski definition) is 5. The molecule has 0 aliphatic heterocycles. The maximum atomic E-state index is 8.94. The zero-order valence-corrected chi connectivity index (χ0v) is 15.3. The molecule has 0 heterocycles. The van der Waals surface area contributed by atoms with Gasteiger partial charge in [0.1, 0.15) is 0 Å². The number of rotatable bonds is 0. The van der Waals surface area contributed by atoms with Gasteiger partial charge in [0.15, 0.2) is 17.4 Å². The Labute approximate surface area is 168 Å². The first-order valence-corrected chi connectivity index (χ1v) is 6.16. The van der Waals surface area contributed by atoms with Gasteiger partial charge in [0.25, 0.3) is 0 Å². The van der Waals surface area contributed by atoms with Crippen LogP contribution in [0, 0.1) is 41.7 Å². The van der Waals surface area contributed by atoms with E-state index in [0.29, 0.717) is 0 Å². The molecule has 14 heavy (non-hydrogen) atoms. The van der Waals surface area contributed by atoms with E-state index >= 15 is 0 Å². The van der Waals surface area contributed by atoms with Gasteiger partial charge in [-0.05, 0) is 0 Å². The zero-order chi connectivity index (χ0) is 9.00. The summed E-state index contributed by atoms with van der Waals surface area (Å²) < 4.78 is 62.3. The Morgan fingerprint density at radius 3 is 1.07 bits per heavy atom. The fraction of sp³-hybridized carbons (Fsp3) is 0. The summed E-state index contributed by atoms with van der Waals surface area (Å²) in [6, 6.07) is 0. The van der Waals surface area contributed by atoms with Gasteiger partial charge in [-0.15, -0.1) is 0 Å². The standard InChI is InChI=1S/Al.AsH3O4.Ce.H2O4S.H2O.Sr.5H/c;2-1(3,4)5;;1-5(2,3)4;;;;;;;/h;(H3,2,3,4,5);;(H2,1,2,3,4);1H2;;;;;;/q;;;;;+2;;;;2*-1. The molecule has 0 bridgehead atoms. The Kier molecular flexibility index (Phi) is 42.3. The van der Waals surface area contributed by atoms with E-state index in [-0.39, 0.29) is 113 Å². The van der Waals surface area contributed by atoms with Gasteiger partial charge in [0.05, 0.1) is 0 Å². The molecule has 14 heteroatoms. The topological polar surface area (TPSA) is 184 Å². The maximum absolute atomic E-state index is 8.94. The summed E-state index contributed by atoms with van der Waals surface area (Å²) in [5.74, 6) is 0. The fourth-order valence-electron chi connectivity index (χ4n) is 0. The van der Waals surface area contributed by atoms with Crippen LogP contribution in [0.4, 0.5) is 0 Å². The molecule has 0 saturated carbocycles. The van der Waals surface area contributed by atoms with E-state index in [9.17, 15) is 0 Å². The van der Waals surface area contributed by atoms with Crippen LogP contribution in [0.15, 0.2) is 0 Å². The van der Waals surface area contributed by atoms with Crippen LogP contribution in [0.3, 0.4) is 0 Å². The quantitative estimate of drug-likeness (QED) is 0.156. The van der Waals surface area contributed by atoms with Crippen molar-refractivity contribution >= 4 is 87.8 Å². The molecule has 0 aromatic carbocycles. The van der Waals surface area contributed by atoms with E-state index < -0.39 is 24.9 Å². The SMILES string of the molecule is O.O=S(=O)(O)O.O=[As](O)(O)O.[AlH3].[Ce].[H-].[H-].[Sr+2]. The third-order valence-corrected chi connectivity index (χ3v) is 0. The van der Waals surface area contributed by atoms with Crippen molar-refractivity contribution in [2.24, 2.45) is 0 Å². The summed E-state index contributed by atoms with van der Waals surface area (Å²) in [5.41, 5.74) is 0. The Bertz CT molecular complexity index is 211. The predicted molar refractivity (Wildman–Crippen MR) is 48.8 cm³/mol. The minimum absolute atomic E-state index is 0. The van der Waals surface area contributed by atoms with Crippen LogP contribution in [-0.2, 0) is 14.1 Å². The molecular formula is H12AlAsCeO9SSr. The minimum atomic E-state index is -5.12. The second-order valence-electron chi connectivity index (χ2n) is 0.961. The van der Waals surface area contributed by atoms with Gasteiger partial charge in [-0.25, -0.2) is 0 Å². The molecule has 0 aliphatic carbocycles. The van der Waals surface area contributed by atoms with Crippen molar-refractivity contribution in [1.82, 2.24) is 0 Å². The second kappa shape index (κ2) is 16.5. The van der Waals surface area contributed by atoms with Crippen molar-refractivity contribution in [3.05, 3.63) is 0 Å². The Morgan fingerprint density at radius 2 is 1.07 bits per heavy atom. The molecule has 0 unspecified atom stereocenters. The van der Waals surface area contributed by atoms with Gasteiger partial charge in [-0.3, -0.25) is 9.11 Å². The van der Waals surface area contributed by atoms with E-state index in [4.69, 9.17) is 33.5 Å². The molecule has 7 N–H and O–H groups in total. The Balaban J connectivity index is -0.00000000970. The van der Waals surface area contributed by atoms with Crippen molar-refractivity contribution in [3.8, 4) is 0 Å². The smallest absolute Gasteiger partial charge is 1.00 e. The summed E-state index contributed by atoms with van der Waals surface area (Å²) in [7, 11) is -4.67. The molecule has 0 atom stereocenters.